The number of nitrogen functional groups attached to an aromatic ring is 1. The number of anilines is 1. The van der Waals surface area contributed by atoms with Crippen LogP contribution in [0.2, 0.25) is 0 Å². The number of pyridine rings is 1. The maximum absolute atomic E-state index is 5.66. The number of aromatic nitrogens is 1. The highest BCUT2D eigenvalue weighted by Gasteiger charge is 2.01. The molecule has 66 valence electrons. The molecule has 0 aliphatic heterocycles. The van der Waals surface area contributed by atoms with E-state index in [2.05, 4.69) is 62.3 Å². The van der Waals surface area contributed by atoms with Crippen molar-refractivity contribution in [1.29, 1.82) is 0 Å². The van der Waals surface area contributed by atoms with Gasteiger partial charge in [0.25, 0.3) is 0 Å². The van der Waals surface area contributed by atoms with Crippen molar-refractivity contribution in [3.05, 3.63) is 31.5 Å². The van der Waals surface area contributed by atoms with Crippen LogP contribution in [0.4, 0.5) is 5.69 Å². The van der Waals surface area contributed by atoms with Gasteiger partial charge in [0.1, 0.15) is 0 Å². The van der Waals surface area contributed by atoms with Gasteiger partial charge in [0.15, 0.2) is 0 Å². The number of halogens is 2. The lowest BCUT2D eigenvalue weighted by Crippen LogP contribution is -1.89. The van der Waals surface area contributed by atoms with Crippen LogP contribution in [0.3, 0.4) is 0 Å². The first-order valence-electron chi connectivity index (χ1n) is 3.67. The van der Waals surface area contributed by atoms with E-state index in [4.69, 9.17) is 5.73 Å². The molecule has 0 bridgehead atoms. The van der Waals surface area contributed by atoms with Gasteiger partial charge in [-0.15, -0.1) is 0 Å². The first-order chi connectivity index (χ1) is 6.16. The molecule has 0 spiro atoms. The molecule has 0 aliphatic carbocycles. The number of hydrogen-bond acceptors (Lipinski definition) is 2. The maximum atomic E-state index is 5.66. The Labute approximate surface area is 103 Å². The summed E-state index contributed by atoms with van der Waals surface area (Å²) < 4.78 is 2.39. The van der Waals surface area contributed by atoms with Crippen LogP contribution in [0.5, 0.6) is 0 Å². The molecular formula is C9H6I2N2. The van der Waals surface area contributed by atoms with Gasteiger partial charge in [-0.25, -0.2) is 0 Å². The molecule has 2 nitrogen and oxygen atoms in total. The van der Waals surface area contributed by atoms with Crippen molar-refractivity contribution in [2.24, 2.45) is 0 Å². The average Bonchev–Trinajstić information content (AvgIpc) is 2.06. The summed E-state index contributed by atoms with van der Waals surface area (Å²) in [5.41, 5.74) is 7.38. The van der Waals surface area contributed by atoms with Crippen molar-refractivity contribution in [1.82, 2.24) is 4.98 Å². The zero-order valence-corrected chi connectivity index (χ0v) is 10.9. The highest BCUT2D eigenvalue weighted by molar-refractivity contribution is 14.1. The molecule has 0 amide bonds. The topological polar surface area (TPSA) is 38.9 Å². The molecule has 0 radical (unpaired) electrons. The van der Waals surface area contributed by atoms with E-state index >= 15 is 0 Å². The molecule has 13 heavy (non-hydrogen) atoms. The molecule has 2 N–H and O–H groups in total. The van der Waals surface area contributed by atoms with Crippen molar-refractivity contribution in [3.63, 3.8) is 0 Å². The van der Waals surface area contributed by atoms with Gasteiger partial charge in [-0.3, -0.25) is 4.98 Å². The molecule has 1 heterocycles. The van der Waals surface area contributed by atoms with Crippen molar-refractivity contribution >= 4 is 61.8 Å². The van der Waals surface area contributed by atoms with Gasteiger partial charge in [-0.05, 0) is 63.4 Å². The van der Waals surface area contributed by atoms with Gasteiger partial charge < -0.3 is 5.73 Å². The lowest BCUT2D eigenvalue weighted by Gasteiger charge is -2.02. The fraction of sp³-hybridized carbons (Fsp3) is 0. The largest absolute Gasteiger partial charge is 0.397 e. The van der Waals surface area contributed by atoms with Crippen LogP contribution in [0, 0.1) is 7.14 Å². The minimum Gasteiger partial charge on any atom is -0.397 e. The van der Waals surface area contributed by atoms with Crippen molar-refractivity contribution < 1.29 is 0 Å². The Morgan fingerprint density at radius 1 is 1.15 bits per heavy atom. The molecule has 0 atom stereocenters. The van der Waals surface area contributed by atoms with Gasteiger partial charge in [-0.1, -0.05) is 0 Å². The molecular weight excluding hydrogens is 390 g/mol. The van der Waals surface area contributed by atoms with Gasteiger partial charge in [0.05, 0.1) is 17.4 Å². The van der Waals surface area contributed by atoms with E-state index in [0.29, 0.717) is 5.69 Å². The zero-order valence-electron chi connectivity index (χ0n) is 6.59. The monoisotopic (exact) mass is 396 g/mol. The summed E-state index contributed by atoms with van der Waals surface area (Å²) in [7, 11) is 0. The SMILES string of the molecule is Nc1cnc2cc(I)cc(I)c2c1. The molecule has 1 aromatic carbocycles. The third kappa shape index (κ3) is 1.88. The molecule has 1 aromatic heterocycles. The van der Waals surface area contributed by atoms with Gasteiger partial charge in [0.2, 0.25) is 0 Å². The standard InChI is InChI=1S/C9H6I2N2/c10-5-1-8(11)7-3-6(12)4-13-9(7)2-5/h1-4H,12H2. The average molecular weight is 396 g/mol. The normalized spacial score (nSPS) is 10.6. The van der Waals surface area contributed by atoms with E-state index in [9.17, 15) is 0 Å². The second-order valence-corrected chi connectivity index (χ2v) is 5.13. The molecule has 2 rings (SSSR count). The lowest BCUT2D eigenvalue weighted by atomic mass is 10.2. The highest BCUT2D eigenvalue weighted by Crippen LogP contribution is 2.23. The minimum absolute atomic E-state index is 0.714. The van der Waals surface area contributed by atoms with E-state index < -0.39 is 0 Å². The summed E-state index contributed by atoms with van der Waals surface area (Å²) in [6, 6.07) is 6.13. The highest BCUT2D eigenvalue weighted by atomic mass is 127. The summed E-state index contributed by atoms with van der Waals surface area (Å²) in [6.45, 7) is 0. The summed E-state index contributed by atoms with van der Waals surface area (Å²) in [5.74, 6) is 0. The molecule has 0 fully saturated rings. The second kappa shape index (κ2) is 3.56. The quantitative estimate of drug-likeness (QED) is 0.696. The first-order valence-corrected chi connectivity index (χ1v) is 5.83. The Kier molecular flexibility index (Phi) is 2.59. The second-order valence-electron chi connectivity index (χ2n) is 2.72. The van der Waals surface area contributed by atoms with E-state index in [1.807, 2.05) is 6.07 Å². The minimum atomic E-state index is 0.714. The Bertz CT molecular complexity index is 468. The Morgan fingerprint density at radius 2 is 1.92 bits per heavy atom. The maximum Gasteiger partial charge on any atom is 0.0724 e. The fourth-order valence-electron chi connectivity index (χ4n) is 1.17. The number of benzene rings is 1. The molecule has 0 aliphatic rings. The van der Waals surface area contributed by atoms with Crippen LogP contribution >= 0.6 is 45.2 Å². The molecule has 0 saturated carbocycles. The van der Waals surface area contributed by atoms with Crippen molar-refractivity contribution in [3.8, 4) is 0 Å². The predicted octanol–water partition coefficient (Wildman–Crippen LogP) is 3.03. The van der Waals surface area contributed by atoms with E-state index in [0.717, 1.165) is 10.9 Å². The summed E-state index contributed by atoms with van der Waals surface area (Å²) in [5, 5.41) is 1.13. The van der Waals surface area contributed by atoms with Gasteiger partial charge in [-0.2, -0.15) is 0 Å². The van der Waals surface area contributed by atoms with Crippen LogP contribution < -0.4 is 5.73 Å². The van der Waals surface area contributed by atoms with Gasteiger partial charge >= 0.3 is 0 Å². The van der Waals surface area contributed by atoms with E-state index in [1.54, 1.807) is 6.20 Å². The van der Waals surface area contributed by atoms with Crippen LogP contribution in [0.15, 0.2) is 24.4 Å². The van der Waals surface area contributed by atoms with Crippen LogP contribution in [0.25, 0.3) is 10.9 Å². The number of nitrogens with two attached hydrogens (primary N) is 1. The van der Waals surface area contributed by atoms with Crippen molar-refractivity contribution in [2.75, 3.05) is 5.73 Å². The van der Waals surface area contributed by atoms with Crippen LogP contribution in [-0.4, -0.2) is 4.98 Å². The number of fused-ring (bicyclic) bond motifs is 1. The third-order valence-electron chi connectivity index (χ3n) is 1.74. The summed E-state index contributed by atoms with van der Waals surface area (Å²) in [6.07, 6.45) is 1.69. The van der Waals surface area contributed by atoms with Crippen LogP contribution in [-0.2, 0) is 0 Å². The molecule has 0 unspecified atom stereocenters. The third-order valence-corrected chi connectivity index (χ3v) is 3.25. The van der Waals surface area contributed by atoms with E-state index in [-0.39, 0.29) is 0 Å². The Morgan fingerprint density at radius 3 is 2.69 bits per heavy atom. The zero-order chi connectivity index (χ0) is 9.42. The van der Waals surface area contributed by atoms with Crippen LogP contribution in [0.1, 0.15) is 0 Å². The summed E-state index contributed by atoms with van der Waals surface area (Å²) in [4.78, 5) is 4.27. The molecule has 4 heteroatoms. The lowest BCUT2D eigenvalue weighted by molar-refractivity contribution is 1.40. The summed E-state index contributed by atoms with van der Waals surface area (Å²) >= 11 is 4.59. The fourth-order valence-corrected chi connectivity index (χ4v) is 3.14. The number of nitrogens with zero attached hydrogens (tertiary/aromatic N) is 1. The molecule has 0 saturated heterocycles. The smallest absolute Gasteiger partial charge is 0.0724 e. The Hall–Kier alpha value is -0.110. The number of hydrogen-bond donors (Lipinski definition) is 1. The van der Waals surface area contributed by atoms with E-state index in [1.165, 1.54) is 7.14 Å². The number of rotatable bonds is 0. The predicted molar refractivity (Wildman–Crippen MR) is 71.6 cm³/mol. The van der Waals surface area contributed by atoms with Gasteiger partial charge in [0, 0.05) is 12.5 Å². The first kappa shape index (κ1) is 9.45. The molecule has 2 aromatic rings. The Balaban J connectivity index is 2.87. The van der Waals surface area contributed by atoms with Crippen molar-refractivity contribution in [2.45, 2.75) is 0 Å².